The second-order valence-electron chi connectivity index (χ2n) is 6.97. The third-order valence-corrected chi connectivity index (χ3v) is 3.53. The quantitative estimate of drug-likeness (QED) is 0.817. The van der Waals surface area contributed by atoms with E-state index < -0.39 is 5.60 Å². The number of carbonyl (C=O) groups excluding carboxylic acids is 1. The van der Waals surface area contributed by atoms with E-state index in [-0.39, 0.29) is 23.7 Å². The number of aliphatic hydroxyl groups is 1. The lowest BCUT2D eigenvalue weighted by Crippen LogP contribution is -2.56. The average Bonchev–Trinajstić information content (AvgIpc) is 2.19. The number of hydrogen-bond acceptors (Lipinski definition) is 4. The second-order valence-corrected chi connectivity index (χ2v) is 6.97. The molecule has 1 amide bonds. The van der Waals surface area contributed by atoms with Gasteiger partial charge in [0.05, 0.1) is 6.10 Å². The van der Waals surface area contributed by atoms with E-state index in [4.69, 9.17) is 10.5 Å². The maximum absolute atomic E-state index is 12.2. The Bertz CT molecular complexity index is 317. The highest BCUT2D eigenvalue weighted by Crippen LogP contribution is 2.41. The van der Waals surface area contributed by atoms with Crippen LogP contribution in [-0.2, 0) is 4.74 Å². The van der Waals surface area contributed by atoms with E-state index >= 15 is 0 Å². The minimum absolute atomic E-state index is 0.0519. The van der Waals surface area contributed by atoms with Gasteiger partial charge < -0.3 is 20.5 Å². The summed E-state index contributed by atoms with van der Waals surface area (Å²) in [5.74, 6) is 0. The minimum Gasteiger partial charge on any atom is -0.444 e. The summed E-state index contributed by atoms with van der Waals surface area (Å²) in [4.78, 5) is 13.9. The third-order valence-electron chi connectivity index (χ3n) is 3.53. The Hall–Kier alpha value is -0.810. The summed E-state index contributed by atoms with van der Waals surface area (Å²) in [7, 11) is 0. The molecule has 1 aliphatic carbocycles. The number of carbonyl (C=O) groups is 1. The first-order valence-corrected chi connectivity index (χ1v) is 6.96. The number of rotatable bonds is 4. The molecule has 1 aliphatic rings. The van der Waals surface area contributed by atoms with E-state index in [0.29, 0.717) is 25.9 Å². The summed E-state index contributed by atoms with van der Waals surface area (Å²) in [5, 5.41) is 9.50. The van der Waals surface area contributed by atoms with Crippen LogP contribution >= 0.6 is 0 Å². The largest absolute Gasteiger partial charge is 0.444 e. The van der Waals surface area contributed by atoms with Crippen LogP contribution in [0.3, 0.4) is 0 Å². The van der Waals surface area contributed by atoms with E-state index in [1.165, 1.54) is 0 Å². The van der Waals surface area contributed by atoms with Crippen molar-refractivity contribution in [3.8, 4) is 0 Å². The standard InChI is InChI=1S/C14H28N2O3/c1-10(2)16(12(18)19-13(3,4)5)9-14(8-15)6-11(17)7-14/h10-11,17H,6-9,15H2,1-5H3. The first-order valence-electron chi connectivity index (χ1n) is 6.96. The topological polar surface area (TPSA) is 75.8 Å². The third kappa shape index (κ3) is 4.35. The molecule has 0 atom stereocenters. The molecule has 5 heteroatoms. The number of amides is 1. The van der Waals surface area contributed by atoms with Gasteiger partial charge in [0.15, 0.2) is 0 Å². The van der Waals surface area contributed by atoms with Crippen molar-refractivity contribution in [1.82, 2.24) is 4.90 Å². The van der Waals surface area contributed by atoms with Crippen LogP contribution in [0.4, 0.5) is 4.79 Å². The maximum Gasteiger partial charge on any atom is 0.410 e. The number of nitrogens with zero attached hydrogens (tertiary/aromatic N) is 1. The summed E-state index contributed by atoms with van der Waals surface area (Å²) in [6.45, 7) is 10.5. The monoisotopic (exact) mass is 272 g/mol. The van der Waals surface area contributed by atoms with Crippen molar-refractivity contribution in [2.75, 3.05) is 13.1 Å². The molecule has 0 bridgehead atoms. The molecule has 0 unspecified atom stereocenters. The van der Waals surface area contributed by atoms with Crippen molar-refractivity contribution in [3.05, 3.63) is 0 Å². The fraction of sp³-hybridized carbons (Fsp3) is 0.929. The van der Waals surface area contributed by atoms with E-state index in [0.717, 1.165) is 0 Å². The lowest BCUT2D eigenvalue weighted by molar-refractivity contribution is -0.0556. The molecule has 112 valence electrons. The van der Waals surface area contributed by atoms with Gasteiger partial charge in [0.2, 0.25) is 0 Å². The Kier molecular flexibility index (Phi) is 4.85. The van der Waals surface area contributed by atoms with E-state index in [9.17, 15) is 9.90 Å². The smallest absolute Gasteiger partial charge is 0.410 e. The molecule has 0 heterocycles. The highest BCUT2D eigenvalue weighted by Gasteiger charge is 2.45. The lowest BCUT2D eigenvalue weighted by atomic mass is 9.66. The molecule has 1 fully saturated rings. The first kappa shape index (κ1) is 16.2. The molecule has 0 aliphatic heterocycles. The molecule has 0 aromatic carbocycles. The fourth-order valence-electron chi connectivity index (χ4n) is 2.44. The molecule has 0 radical (unpaired) electrons. The van der Waals surface area contributed by atoms with Crippen molar-refractivity contribution in [1.29, 1.82) is 0 Å². The second kappa shape index (κ2) is 5.67. The molecular formula is C14H28N2O3. The summed E-state index contributed by atoms with van der Waals surface area (Å²) in [6, 6.07) is 0.0519. The number of hydrogen-bond donors (Lipinski definition) is 2. The van der Waals surface area contributed by atoms with Crippen LogP contribution in [0.1, 0.15) is 47.5 Å². The Labute approximate surface area is 116 Å². The van der Waals surface area contributed by atoms with E-state index in [1.807, 2.05) is 34.6 Å². The zero-order chi connectivity index (χ0) is 14.8. The first-order chi connectivity index (χ1) is 8.58. The molecule has 5 nitrogen and oxygen atoms in total. The number of aliphatic hydroxyl groups excluding tert-OH is 1. The van der Waals surface area contributed by atoms with Crippen LogP contribution in [0.15, 0.2) is 0 Å². The van der Waals surface area contributed by atoms with Gasteiger partial charge in [-0.05, 0) is 54.0 Å². The van der Waals surface area contributed by atoms with Gasteiger partial charge in [0.1, 0.15) is 5.60 Å². The van der Waals surface area contributed by atoms with Crippen molar-refractivity contribution < 1.29 is 14.6 Å². The van der Waals surface area contributed by atoms with Crippen LogP contribution in [-0.4, -0.2) is 46.9 Å². The predicted molar refractivity (Wildman–Crippen MR) is 74.8 cm³/mol. The zero-order valence-corrected chi connectivity index (χ0v) is 12.8. The number of ether oxygens (including phenoxy) is 1. The molecule has 0 spiro atoms. The Morgan fingerprint density at radius 3 is 2.32 bits per heavy atom. The predicted octanol–water partition coefficient (Wildman–Crippen LogP) is 1.73. The van der Waals surface area contributed by atoms with Gasteiger partial charge in [-0.2, -0.15) is 0 Å². The van der Waals surface area contributed by atoms with Crippen LogP contribution in [0.5, 0.6) is 0 Å². The highest BCUT2D eigenvalue weighted by molar-refractivity contribution is 5.68. The molecule has 19 heavy (non-hydrogen) atoms. The van der Waals surface area contributed by atoms with E-state index in [2.05, 4.69) is 0 Å². The van der Waals surface area contributed by atoms with Crippen molar-refractivity contribution >= 4 is 6.09 Å². The van der Waals surface area contributed by atoms with Gasteiger partial charge in [0, 0.05) is 18.0 Å². The minimum atomic E-state index is -0.501. The average molecular weight is 272 g/mol. The van der Waals surface area contributed by atoms with Crippen molar-refractivity contribution in [2.24, 2.45) is 11.1 Å². The van der Waals surface area contributed by atoms with Crippen molar-refractivity contribution in [2.45, 2.75) is 65.2 Å². The Morgan fingerprint density at radius 2 is 2.00 bits per heavy atom. The van der Waals surface area contributed by atoms with Crippen LogP contribution < -0.4 is 5.73 Å². The summed E-state index contributed by atoms with van der Waals surface area (Å²) in [6.07, 6.45) is 0.735. The molecule has 0 saturated heterocycles. The summed E-state index contributed by atoms with van der Waals surface area (Å²) in [5.41, 5.74) is 5.16. The fourth-order valence-corrected chi connectivity index (χ4v) is 2.44. The lowest BCUT2D eigenvalue weighted by Gasteiger charge is -2.48. The Morgan fingerprint density at radius 1 is 1.47 bits per heavy atom. The molecule has 0 aromatic rings. The van der Waals surface area contributed by atoms with Gasteiger partial charge in [-0.1, -0.05) is 0 Å². The zero-order valence-electron chi connectivity index (χ0n) is 12.8. The summed E-state index contributed by atoms with van der Waals surface area (Å²) < 4.78 is 5.43. The van der Waals surface area contributed by atoms with Gasteiger partial charge in [0.25, 0.3) is 0 Å². The molecule has 1 saturated carbocycles. The van der Waals surface area contributed by atoms with Gasteiger partial charge in [-0.15, -0.1) is 0 Å². The van der Waals surface area contributed by atoms with Gasteiger partial charge >= 0.3 is 6.09 Å². The van der Waals surface area contributed by atoms with Crippen LogP contribution in [0.25, 0.3) is 0 Å². The molecule has 3 N–H and O–H groups in total. The van der Waals surface area contributed by atoms with Crippen molar-refractivity contribution in [3.63, 3.8) is 0 Å². The molecular weight excluding hydrogens is 244 g/mol. The Balaban J connectivity index is 2.70. The van der Waals surface area contributed by atoms with Gasteiger partial charge in [-0.25, -0.2) is 4.79 Å². The summed E-state index contributed by atoms with van der Waals surface area (Å²) >= 11 is 0. The molecule has 0 aromatic heterocycles. The highest BCUT2D eigenvalue weighted by atomic mass is 16.6. The SMILES string of the molecule is CC(C)N(CC1(CN)CC(O)C1)C(=O)OC(C)(C)C. The maximum atomic E-state index is 12.2. The molecule has 1 rings (SSSR count). The number of nitrogens with two attached hydrogens (primary N) is 1. The normalized spacial score (nSPS) is 27.1. The van der Waals surface area contributed by atoms with Crippen LogP contribution in [0, 0.1) is 5.41 Å². The van der Waals surface area contributed by atoms with E-state index in [1.54, 1.807) is 4.90 Å². The van der Waals surface area contributed by atoms with Crippen LogP contribution in [0.2, 0.25) is 0 Å². The van der Waals surface area contributed by atoms with Gasteiger partial charge in [-0.3, -0.25) is 0 Å².